The maximum atomic E-state index is 13.3. The molecule has 0 amide bonds. The Balaban J connectivity index is 1.30. The quantitative estimate of drug-likeness (QED) is 0.680. The fraction of sp³-hybridized carbons (Fsp3) is 0.462. The Morgan fingerprint density at radius 3 is 2.14 bits per heavy atom. The van der Waals surface area contributed by atoms with Crippen molar-refractivity contribution in [3.63, 3.8) is 0 Å². The Hall–Kier alpha value is -2.42. The molecule has 150 valence electrons. The van der Waals surface area contributed by atoms with E-state index in [1.165, 1.54) is 19.3 Å². The zero-order chi connectivity index (χ0) is 20.0. The third-order valence-corrected chi connectivity index (χ3v) is 7.61. The molecule has 0 aromatic heterocycles. The maximum absolute atomic E-state index is 13.3. The molecule has 4 aliphatic rings. The van der Waals surface area contributed by atoms with Gasteiger partial charge >= 0.3 is 0 Å². The molecule has 0 atom stereocenters. The predicted octanol–water partition coefficient (Wildman–Crippen LogP) is 5.34. The normalized spacial score (nSPS) is 29.7. The Morgan fingerprint density at radius 1 is 0.897 bits per heavy atom. The molecule has 29 heavy (non-hydrogen) atoms. The summed E-state index contributed by atoms with van der Waals surface area (Å²) in [7, 11) is 0. The van der Waals surface area contributed by atoms with Gasteiger partial charge in [-0.2, -0.15) is 0 Å². The minimum atomic E-state index is -0.183. The van der Waals surface area contributed by atoms with Crippen molar-refractivity contribution >= 4 is 11.6 Å². The van der Waals surface area contributed by atoms with Crippen LogP contribution >= 0.6 is 0 Å². The highest BCUT2D eigenvalue weighted by atomic mass is 16.3. The minimum Gasteiger partial charge on any atom is -0.507 e. The molecule has 1 N–H and O–H groups in total. The third kappa shape index (κ3) is 3.41. The highest BCUT2D eigenvalue weighted by molar-refractivity contribution is 6.10. The molecule has 0 unspecified atom stereocenters. The van der Waals surface area contributed by atoms with E-state index in [0.717, 1.165) is 42.6 Å². The number of Topliss-reactive ketones (excluding diaryl/α,β-unsaturated/α-hetero) is 1. The van der Waals surface area contributed by atoms with Gasteiger partial charge in [0.15, 0.2) is 5.78 Å². The number of carbonyl (C=O) groups excluding carboxylic acids is 2. The fourth-order valence-electron chi connectivity index (χ4n) is 6.64. The van der Waals surface area contributed by atoms with Crippen molar-refractivity contribution in [2.24, 2.45) is 23.2 Å². The number of rotatable bonds is 6. The zero-order valence-corrected chi connectivity index (χ0v) is 16.8. The first-order valence-electron chi connectivity index (χ1n) is 11.0. The highest BCUT2D eigenvalue weighted by Crippen LogP contribution is 2.60. The fourth-order valence-corrected chi connectivity index (χ4v) is 6.64. The van der Waals surface area contributed by atoms with E-state index in [9.17, 15) is 14.7 Å². The number of hydrogen-bond donors (Lipinski definition) is 1. The second-order valence-electron chi connectivity index (χ2n) is 9.67. The smallest absolute Gasteiger partial charge is 0.196 e. The molecular weight excluding hydrogens is 360 g/mol. The first-order chi connectivity index (χ1) is 14.0. The summed E-state index contributed by atoms with van der Waals surface area (Å²) < 4.78 is 0. The lowest BCUT2D eigenvalue weighted by Crippen LogP contribution is -2.50. The largest absolute Gasteiger partial charge is 0.507 e. The molecule has 0 radical (unpaired) electrons. The number of phenolic OH excluding ortho intramolecular Hbond substituents is 1. The van der Waals surface area contributed by atoms with E-state index in [0.29, 0.717) is 29.8 Å². The molecule has 2 aromatic rings. The molecule has 4 fully saturated rings. The predicted molar refractivity (Wildman–Crippen MR) is 112 cm³/mol. The van der Waals surface area contributed by atoms with Crippen LogP contribution in [0.5, 0.6) is 5.75 Å². The summed E-state index contributed by atoms with van der Waals surface area (Å²) in [4.78, 5) is 26.0. The van der Waals surface area contributed by atoms with Crippen molar-refractivity contribution in [3.05, 3.63) is 65.2 Å². The number of phenols is 1. The van der Waals surface area contributed by atoms with E-state index in [1.54, 1.807) is 24.3 Å². The van der Waals surface area contributed by atoms with Gasteiger partial charge in [0.1, 0.15) is 11.5 Å². The first-order valence-corrected chi connectivity index (χ1v) is 11.0. The molecule has 4 aliphatic carbocycles. The van der Waals surface area contributed by atoms with E-state index in [2.05, 4.69) is 0 Å². The van der Waals surface area contributed by atoms with E-state index in [4.69, 9.17) is 0 Å². The standard InChI is InChI=1S/C26H28O3/c27-23-8-6-17(13-22(23)25(29)21-4-2-1-3-5-21)7-9-24(28)26-14-18-10-19(15-26)12-20(11-18)16-26/h1-6,8,13,18-20,27H,7,9-12,14-16H2. The van der Waals surface area contributed by atoms with E-state index < -0.39 is 0 Å². The Bertz CT molecular complexity index is 908. The average Bonchev–Trinajstić information content (AvgIpc) is 2.72. The van der Waals surface area contributed by atoms with Crippen LogP contribution in [0.1, 0.15) is 66.4 Å². The summed E-state index contributed by atoms with van der Waals surface area (Å²) in [5.41, 5.74) is 1.76. The summed E-state index contributed by atoms with van der Waals surface area (Å²) in [6.07, 6.45) is 8.51. The second-order valence-corrected chi connectivity index (χ2v) is 9.67. The summed E-state index contributed by atoms with van der Waals surface area (Å²) in [6.45, 7) is 0. The molecule has 3 nitrogen and oxygen atoms in total. The summed E-state index contributed by atoms with van der Waals surface area (Å²) in [5.74, 6) is 2.56. The Morgan fingerprint density at radius 2 is 1.52 bits per heavy atom. The highest BCUT2D eigenvalue weighted by Gasteiger charge is 2.53. The van der Waals surface area contributed by atoms with Crippen LogP contribution in [-0.4, -0.2) is 16.7 Å². The number of hydrogen-bond acceptors (Lipinski definition) is 3. The van der Waals surface area contributed by atoms with Crippen molar-refractivity contribution < 1.29 is 14.7 Å². The van der Waals surface area contributed by atoms with Crippen LogP contribution in [0.3, 0.4) is 0 Å². The number of ketones is 2. The van der Waals surface area contributed by atoms with Crippen LogP contribution in [0.4, 0.5) is 0 Å². The molecule has 0 heterocycles. The SMILES string of the molecule is O=C(c1ccccc1)c1cc(CCC(=O)C23CC4CC(CC(C4)C2)C3)ccc1O. The van der Waals surface area contributed by atoms with Crippen LogP contribution in [0, 0.1) is 23.2 Å². The van der Waals surface area contributed by atoms with Crippen molar-refractivity contribution in [1.82, 2.24) is 0 Å². The van der Waals surface area contributed by atoms with Gasteiger partial charge in [0, 0.05) is 17.4 Å². The number of benzene rings is 2. The van der Waals surface area contributed by atoms with Gasteiger partial charge in [0.25, 0.3) is 0 Å². The first kappa shape index (κ1) is 18.6. The summed E-state index contributed by atoms with van der Waals surface area (Å²) >= 11 is 0. The van der Waals surface area contributed by atoms with Crippen LogP contribution in [0.25, 0.3) is 0 Å². The average molecular weight is 389 g/mol. The van der Waals surface area contributed by atoms with Crippen molar-refractivity contribution in [2.75, 3.05) is 0 Å². The molecule has 4 saturated carbocycles. The molecule has 3 heteroatoms. The molecule has 0 spiro atoms. The summed E-state index contributed by atoms with van der Waals surface area (Å²) in [6, 6.07) is 14.2. The van der Waals surface area contributed by atoms with Crippen LogP contribution in [-0.2, 0) is 11.2 Å². The molecule has 0 saturated heterocycles. The van der Waals surface area contributed by atoms with Gasteiger partial charge in [-0.05, 0) is 80.4 Å². The van der Waals surface area contributed by atoms with Gasteiger partial charge in [-0.3, -0.25) is 9.59 Å². The monoisotopic (exact) mass is 388 g/mol. The van der Waals surface area contributed by atoms with Gasteiger partial charge < -0.3 is 5.11 Å². The van der Waals surface area contributed by atoms with Gasteiger partial charge in [0.05, 0.1) is 5.56 Å². The van der Waals surface area contributed by atoms with Crippen molar-refractivity contribution in [3.8, 4) is 5.75 Å². The minimum absolute atomic E-state index is 0.00462. The van der Waals surface area contributed by atoms with Gasteiger partial charge in [0.2, 0.25) is 0 Å². The molecule has 0 aliphatic heterocycles. The molecule has 4 bridgehead atoms. The number of carbonyl (C=O) groups is 2. The van der Waals surface area contributed by atoms with E-state index in [-0.39, 0.29) is 16.9 Å². The van der Waals surface area contributed by atoms with Gasteiger partial charge in [-0.1, -0.05) is 36.4 Å². The Labute approximate surface area is 172 Å². The lowest BCUT2D eigenvalue weighted by Gasteiger charge is -2.56. The third-order valence-electron chi connectivity index (χ3n) is 7.61. The van der Waals surface area contributed by atoms with Gasteiger partial charge in [-0.25, -0.2) is 0 Å². The van der Waals surface area contributed by atoms with E-state index in [1.807, 2.05) is 24.3 Å². The number of aryl methyl sites for hydroxylation is 1. The number of aromatic hydroxyl groups is 1. The van der Waals surface area contributed by atoms with Crippen LogP contribution < -0.4 is 0 Å². The molecular formula is C26H28O3. The van der Waals surface area contributed by atoms with Crippen molar-refractivity contribution in [1.29, 1.82) is 0 Å². The molecule has 2 aromatic carbocycles. The van der Waals surface area contributed by atoms with E-state index >= 15 is 0 Å². The van der Waals surface area contributed by atoms with Crippen LogP contribution in [0.15, 0.2) is 48.5 Å². The zero-order valence-electron chi connectivity index (χ0n) is 16.8. The maximum Gasteiger partial charge on any atom is 0.196 e. The van der Waals surface area contributed by atoms with Gasteiger partial charge in [-0.15, -0.1) is 0 Å². The molecule has 6 rings (SSSR count). The Kier molecular flexibility index (Phi) is 4.57. The lowest BCUT2D eigenvalue weighted by molar-refractivity contribution is -0.143. The van der Waals surface area contributed by atoms with Crippen LogP contribution in [0.2, 0.25) is 0 Å². The second kappa shape index (κ2) is 7.12. The lowest BCUT2D eigenvalue weighted by atomic mass is 9.48. The topological polar surface area (TPSA) is 54.4 Å². The summed E-state index contributed by atoms with van der Waals surface area (Å²) in [5, 5.41) is 10.2. The van der Waals surface area contributed by atoms with Crippen molar-refractivity contribution in [2.45, 2.75) is 51.4 Å².